The average Bonchev–Trinajstić information content (AvgIpc) is 2.67. The van der Waals surface area contributed by atoms with Crippen LogP contribution in [0.25, 0.3) is 0 Å². The van der Waals surface area contributed by atoms with Crippen molar-refractivity contribution in [2.45, 2.75) is 32.2 Å². The molecule has 0 aliphatic heterocycles. The van der Waals surface area contributed by atoms with E-state index in [1.165, 1.54) is 12.6 Å². The normalized spacial score (nSPS) is 24.4. The fourth-order valence-corrected chi connectivity index (χ4v) is 2.12. The maximum Gasteiger partial charge on any atom is 0.224 e. The van der Waals surface area contributed by atoms with Gasteiger partial charge in [0.05, 0.1) is 6.20 Å². The van der Waals surface area contributed by atoms with Crippen LogP contribution in [-0.4, -0.2) is 23.1 Å². The Kier molecular flexibility index (Phi) is 3.22. The van der Waals surface area contributed by atoms with E-state index in [-0.39, 0.29) is 0 Å². The van der Waals surface area contributed by atoms with Crippen molar-refractivity contribution in [3.05, 3.63) is 12.0 Å². The summed E-state index contributed by atoms with van der Waals surface area (Å²) in [7, 11) is 1.72. The van der Waals surface area contributed by atoms with E-state index in [9.17, 15) is 4.39 Å². The van der Waals surface area contributed by atoms with E-state index in [2.05, 4.69) is 27.5 Å². The van der Waals surface area contributed by atoms with Crippen molar-refractivity contribution in [3.63, 3.8) is 0 Å². The fraction of sp³-hybridized carbons (Fsp3) is 0.636. The molecule has 2 N–H and O–H groups in total. The molecule has 4 nitrogen and oxygen atoms in total. The van der Waals surface area contributed by atoms with Gasteiger partial charge < -0.3 is 10.6 Å². The number of halogens is 1. The lowest BCUT2D eigenvalue weighted by Gasteiger charge is -2.14. The lowest BCUT2D eigenvalue weighted by Crippen LogP contribution is -2.18. The van der Waals surface area contributed by atoms with Crippen LogP contribution in [-0.2, 0) is 0 Å². The second-order valence-electron chi connectivity index (χ2n) is 4.40. The van der Waals surface area contributed by atoms with Gasteiger partial charge in [-0.3, -0.25) is 0 Å². The molecule has 0 aromatic carbocycles. The summed E-state index contributed by atoms with van der Waals surface area (Å²) in [5, 5.41) is 5.95. The van der Waals surface area contributed by atoms with Crippen LogP contribution in [0.5, 0.6) is 0 Å². The minimum absolute atomic E-state index is 0.304. The first kappa shape index (κ1) is 11.1. The van der Waals surface area contributed by atoms with Crippen LogP contribution in [0.3, 0.4) is 0 Å². The van der Waals surface area contributed by atoms with Gasteiger partial charge in [-0.05, 0) is 25.2 Å². The molecule has 16 heavy (non-hydrogen) atoms. The third-order valence-corrected chi connectivity index (χ3v) is 3.00. The van der Waals surface area contributed by atoms with Gasteiger partial charge in [-0.15, -0.1) is 0 Å². The van der Waals surface area contributed by atoms with Crippen LogP contribution in [0.4, 0.5) is 16.2 Å². The Labute approximate surface area is 94.7 Å². The molecule has 1 saturated carbocycles. The van der Waals surface area contributed by atoms with E-state index in [1.807, 2.05) is 0 Å². The largest absolute Gasteiger partial charge is 0.365 e. The van der Waals surface area contributed by atoms with E-state index < -0.39 is 5.82 Å². The van der Waals surface area contributed by atoms with Gasteiger partial charge in [0.15, 0.2) is 11.6 Å². The highest BCUT2D eigenvalue weighted by atomic mass is 19.1. The number of nitrogens with one attached hydrogen (secondary N) is 2. The molecule has 2 rings (SSSR count). The zero-order valence-corrected chi connectivity index (χ0v) is 9.63. The maximum atomic E-state index is 13.4. The number of hydrogen-bond acceptors (Lipinski definition) is 4. The van der Waals surface area contributed by atoms with Gasteiger partial charge in [-0.1, -0.05) is 6.92 Å². The molecule has 0 amide bonds. The smallest absolute Gasteiger partial charge is 0.224 e. The molecule has 1 aromatic heterocycles. The average molecular weight is 224 g/mol. The van der Waals surface area contributed by atoms with Gasteiger partial charge in [-0.25, -0.2) is 9.37 Å². The molecule has 0 radical (unpaired) electrons. The van der Waals surface area contributed by atoms with E-state index in [1.54, 1.807) is 7.05 Å². The van der Waals surface area contributed by atoms with Crippen LogP contribution in [0.2, 0.25) is 0 Å². The van der Waals surface area contributed by atoms with Crippen LogP contribution in [0.15, 0.2) is 6.20 Å². The van der Waals surface area contributed by atoms with Gasteiger partial charge in [0.1, 0.15) is 0 Å². The molecule has 1 aliphatic carbocycles. The molecule has 0 saturated heterocycles. The van der Waals surface area contributed by atoms with Gasteiger partial charge >= 0.3 is 0 Å². The molecule has 1 fully saturated rings. The highest BCUT2D eigenvalue weighted by Gasteiger charge is 2.22. The first-order valence-corrected chi connectivity index (χ1v) is 5.66. The van der Waals surface area contributed by atoms with Crippen molar-refractivity contribution >= 4 is 11.8 Å². The summed E-state index contributed by atoms with van der Waals surface area (Å²) in [4.78, 5) is 7.88. The first-order valence-electron chi connectivity index (χ1n) is 5.66. The van der Waals surface area contributed by atoms with E-state index in [4.69, 9.17) is 0 Å². The van der Waals surface area contributed by atoms with Crippen molar-refractivity contribution < 1.29 is 4.39 Å². The Balaban J connectivity index is 2.08. The van der Waals surface area contributed by atoms with Crippen molar-refractivity contribution in [2.75, 3.05) is 17.7 Å². The van der Waals surface area contributed by atoms with E-state index in [0.717, 1.165) is 12.8 Å². The summed E-state index contributed by atoms with van der Waals surface area (Å²) in [5.74, 6) is 1.07. The zero-order chi connectivity index (χ0) is 11.5. The number of nitrogens with zero attached hydrogens (tertiary/aromatic N) is 2. The van der Waals surface area contributed by atoms with Gasteiger partial charge in [-0.2, -0.15) is 4.98 Å². The summed E-state index contributed by atoms with van der Waals surface area (Å²) in [5.41, 5.74) is 0. The Morgan fingerprint density at radius 2 is 2.25 bits per heavy atom. The minimum Gasteiger partial charge on any atom is -0.365 e. The molecule has 2 atom stereocenters. The molecule has 1 heterocycles. The predicted molar refractivity (Wildman–Crippen MR) is 62.0 cm³/mol. The molecule has 1 aromatic rings. The Morgan fingerprint density at radius 1 is 1.44 bits per heavy atom. The van der Waals surface area contributed by atoms with Crippen molar-refractivity contribution in [2.24, 2.45) is 5.92 Å². The third kappa shape index (κ3) is 2.40. The predicted octanol–water partition coefficient (Wildman–Crippen LogP) is 2.26. The summed E-state index contributed by atoms with van der Waals surface area (Å²) >= 11 is 0. The van der Waals surface area contributed by atoms with Crippen molar-refractivity contribution in [3.8, 4) is 0 Å². The molecular weight excluding hydrogens is 207 g/mol. The summed E-state index contributed by atoms with van der Waals surface area (Å²) in [6.45, 7) is 2.22. The molecular formula is C11H17FN4. The molecule has 2 unspecified atom stereocenters. The molecule has 88 valence electrons. The molecule has 1 aliphatic rings. The Morgan fingerprint density at radius 3 is 2.88 bits per heavy atom. The lowest BCUT2D eigenvalue weighted by molar-refractivity contribution is 0.593. The Bertz CT molecular complexity index is 369. The van der Waals surface area contributed by atoms with Gasteiger partial charge in [0.25, 0.3) is 0 Å². The Hall–Kier alpha value is -1.39. The maximum absolute atomic E-state index is 13.4. The van der Waals surface area contributed by atoms with Crippen LogP contribution >= 0.6 is 0 Å². The third-order valence-electron chi connectivity index (χ3n) is 3.00. The molecule has 5 heteroatoms. The quantitative estimate of drug-likeness (QED) is 0.826. The van der Waals surface area contributed by atoms with E-state index >= 15 is 0 Å². The van der Waals surface area contributed by atoms with Crippen LogP contribution < -0.4 is 10.6 Å². The molecule has 0 bridgehead atoms. The highest BCUT2D eigenvalue weighted by Crippen LogP contribution is 2.27. The van der Waals surface area contributed by atoms with Crippen molar-refractivity contribution in [1.29, 1.82) is 0 Å². The zero-order valence-electron chi connectivity index (χ0n) is 9.63. The topological polar surface area (TPSA) is 49.8 Å². The number of aromatic nitrogens is 2. The lowest BCUT2D eigenvalue weighted by atomic mass is 10.1. The summed E-state index contributed by atoms with van der Waals surface area (Å²) in [6, 6.07) is 0.337. The number of hydrogen-bond donors (Lipinski definition) is 2. The van der Waals surface area contributed by atoms with Crippen molar-refractivity contribution in [1.82, 2.24) is 9.97 Å². The second-order valence-corrected chi connectivity index (χ2v) is 4.40. The second kappa shape index (κ2) is 4.63. The highest BCUT2D eigenvalue weighted by molar-refractivity contribution is 5.41. The fourth-order valence-electron chi connectivity index (χ4n) is 2.12. The SMILES string of the molecule is CNc1ncc(F)c(NC2CCC(C)C2)n1. The summed E-state index contributed by atoms with van der Waals surface area (Å²) < 4.78 is 13.4. The summed E-state index contributed by atoms with van der Waals surface area (Å²) in [6.07, 6.45) is 4.56. The van der Waals surface area contributed by atoms with Crippen LogP contribution in [0, 0.1) is 11.7 Å². The minimum atomic E-state index is -0.390. The van der Waals surface area contributed by atoms with Gasteiger partial charge in [0, 0.05) is 13.1 Å². The monoisotopic (exact) mass is 224 g/mol. The standard InChI is InChI=1S/C11H17FN4/c1-7-3-4-8(5-7)15-10-9(12)6-14-11(13-2)16-10/h6-8H,3-5H2,1-2H3,(H2,13,14,15,16). The first-order chi connectivity index (χ1) is 7.69. The number of rotatable bonds is 3. The molecule has 0 spiro atoms. The number of anilines is 2. The van der Waals surface area contributed by atoms with E-state index in [0.29, 0.717) is 23.7 Å². The van der Waals surface area contributed by atoms with Gasteiger partial charge in [0.2, 0.25) is 5.95 Å². The van der Waals surface area contributed by atoms with Crippen LogP contribution in [0.1, 0.15) is 26.2 Å².